The molecule has 1 saturated heterocycles. The number of benzene rings is 2. The SMILES string of the molecule is NCc1ccc2c(c1)N(Cc1cccc3c1CN(C1CCC(=O)NC1=O)C3=O)CCO2. The molecule has 3 N–H and O–H groups in total. The fourth-order valence-corrected chi connectivity index (χ4v) is 4.61. The van der Waals surface area contributed by atoms with E-state index in [0.717, 1.165) is 34.7 Å². The fraction of sp³-hybridized carbons (Fsp3) is 0.348. The Kier molecular flexibility index (Phi) is 4.86. The molecule has 0 saturated carbocycles. The van der Waals surface area contributed by atoms with Crippen molar-refractivity contribution in [3.8, 4) is 5.75 Å². The minimum Gasteiger partial charge on any atom is -0.490 e. The quantitative estimate of drug-likeness (QED) is 0.723. The number of imide groups is 1. The molecule has 8 nitrogen and oxygen atoms in total. The van der Waals surface area contributed by atoms with E-state index in [1.807, 2.05) is 30.3 Å². The van der Waals surface area contributed by atoms with E-state index in [1.54, 1.807) is 4.90 Å². The number of hydrogen-bond acceptors (Lipinski definition) is 6. The summed E-state index contributed by atoms with van der Waals surface area (Å²) >= 11 is 0. The number of piperidine rings is 1. The van der Waals surface area contributed by atoms with E-state index in [2.05, 4.69) is 16.3 Å². The van der Waals surface area contributed by atoms with Gasteiger partial charge < -0.3 is 20.3 Å². The predicted octanol–water partition coefficient (Wildman–Crippen LogP) is 1.31. The predicted molar refractivity (Wildman–Crippen MR) is 113 cm³/mol. The first-order valence-corrected chi connectivity index (χ1v) is 10.5. The van der Waals surface area contributed by atoms with Gasteiger partial charge in [0.25, 0.3) is 5.91 Å². The zero-order chi connectivity index (χ0) is 21.5. The van der Waals surface area contributed by atoms with Gasteiger partial charge in [-0.1, -0.05) is 18.2 Å². The third-order valence-electron chi connectivity index (χ3n) is 6.26. The molecule has 0 spiro atoms. The lowest BCUT2D eigenvalue weighted by Gasteiger charge is -2.32. The first-order chi connectivity index (χ1) is 15.0. The summed E-state index contributed by atoms with van der Waals surface area (Å²) in [7, 11) is 0. The Hall–Kier alpha value is -3.39. The van der Waals surface area contributed by atoms with Gasteiger partial charge in [-0.2, -0.15) is 0 Å². The Morgan fingerprint density at radius 3 is 2.84 bits per heavy atom. The molecule has 0 aliphatic carbocycles. The average Bonchev–Trinajstić information content (AvgIpc) is 3.11. The van der Waals surface area contributed by atoms with E-state index in [4.69, 9.17) is 10.5 Å². The lowest BCUT2D eigenvalue weighted by molar-refractivity contribution is -0.136. The molecule has 3 heterocycles. The highest BCUT2D eigenvalue weighted by Gasteiger charge is 2.39. The topological polar surface area (TPSA) is 105 Å². The van der Waals surface area contributed by atoms with Gasteiger partial charge >= 0.3 is 0 Å². The molecule has 8 heteroatoms. The second-order valence-corrected chi connectivity index (χ2v) is 8.12. The Labute approximate surface area is 179 Å². The Balaban J connectivity index is 1.42. The molecule has 2 aromatic rings. The number of ether oxygens (including phenoxy) is 1. The summed E-state index contributed by atoms with van der Waals surface area (Å²) in [5.74, 6) is 0.000671. The van der Waals surface area contributed by atoms with Crippen LogP contribution >= 0.6 is 0 Å². The molecule has 1 fully saturated rings. The molecule has 2 aromatic carbocycles. The van der Waals surface area contributed by atoms with Crippen LogP contribution in [0.2, 0.25) is 0 Å². The maximum absolute atomic E-state index is 13.1. The third kappa shape index (κ3) is 3.42. The molecular weight excluding hydrogens is 396 g/mol. The average molecular weight is 420 g/mol. The van der Waals surface area contributed by atoms with E-state index in [-0.39, 0.29) is 18.2 Å². The van der Waals surface area contributed by atoms with Crippen LogP contribution in [0.3, 0.4) is 0 Å². The molecule has 0 bridgehead atoms. The van der Waals surface area contributed by atoms with Crippen molar-refractivity contribution in [1.82, 2.24) is 10.2 Å². The molecule has 1 unspecified atom stereocenters. The van der Waals surface area contributed by atoms with Crippen LogP contribution in [-0.2, 0) is 29.2 Å². The monoisotopic (exact) mass is 420 g/mol. The Morgan fingerprint density at radius 2 is 2.03 bits per heavy atom. The minimum absolute atomic E-state index is 0.154. The minimum atomic E-state index is -0.610. The first-order valence-electron chi connectivity index (χ1n) is 10.5. The molecule has 5 rings (SSSR count). The number of nitrogens with zero attached hydrogens (tertiary/aromatic N) is 2. The summed E-state index contributed by atoms with van der Waals surface area (Å²) in [6.07, 6.45) is 0.607. The van der Waals surface area contributed by atoms with Gasteiger partial charge in [0.2, 0.25) is 11.8 Å². The number of anilines is 1. The molecule has 160 valence electrons. The molecule has 3 amide bonds. The van der Waals surface area contributed by atoms with Crippen LogP contribution in [0.1, 0.15) is 39.9 Å². The van der Waals surface area contributed by atoms with Gasteiger partial charge in [-0.3, -0.25) is 19.7 Å². The van der Waals surface area contributed by atoms with E-state index in [9.17, 15) is 14.4 Å². The van der Waals surface area contributed by atoms with Crippen molar-refractivity contribution in [2.45, 2.75) is 38.5 Å². The van der Waals surface area contributed by atoms with Gasteiger partial charge in [-0.05, 0) is 41.3 Å². The number of hydrogen-bond donors (Lipinski definition) is 2. The second-order valence-electron chi connectivity index (χ2n) is 8.12. The van der Waals surface area contributed by atoms with Crippen molar-refractivity contribution in [1.29, 1.82) is 0 Å². The maximum Gasteiger partial charge on any atom is 0.255 e. The summed E-state index contributed by atoms with van der Waals surface area (Å²) in [5, 5.41) is 2.35. The first kappa shape index (κ1) is 19.6. The van der Waals surface area contributed by atoms with Crippen LogP contribution < -0.4 is 20.7 Å². The molecule has 3 aliphatic heterocycles. The number of carbonyl (C=O) groups excluding carboxylic acids is 3. The van der Waals surface area contributed by atoms with Gasteiger partial charge in [-0.25, -0.2) is 0 Å². The number of nitrogens with one attached hydrogen (secondary N) is 1. The summed E-state index contributed by atoms with van der Waals surface area (Å²) in [6.45, 7) is 2.78. The van der Waals surface area contributed by atoms with Crippen molar-refractivity contribution in [2.75, 3.05) is 18.1 Å². The van der Waals surface area contributed by atoms with Crippen LogP contribution in [0.15, 0.2) is 36.4 Å². The molecule has 0 radical (unpaired) electrons. The Morgan fingerprint density at radius 1 is 1.16 bits per heavy atom. The van der Waals surface area contributed by atoms with Gasteiger partial charge in [-0.15, -0.1) is 0 Å². The summed E-state index contributed by atoms with van der Waals surface area (Å²) < 4.78 is 5.80. The molecule has 31 heavy (non-hydrogen) atoms. The number of fused-ring (bicyclic) bond motifs is 2. The zero-order valence-electron chi connectivity index (χ0n) is 17.1. The second kappa shape index (κ2) is 7.70. The molecular formula is C23H24N4O4. The highest BCUT2D eigenvalue weighted by atomic mass is 16.5. The third-order valence-corrected chi connectivity index (χ3v) is 6.26. The summed E-state index contributed by atoms with van der Waals surface area (Å²) in [5.41, 5.74) is 10.5. The highest BCUT2D eigenvalue weighted by Crippen LogP contribution is 2.35. The van der Waals surface area contributed by atoms with Crippen LogP contribution in [0.5, 0.6) is 5.75 Å². The molecule has 0 aromatic heterocycles. The summed E-state index contributed by atoms with van der Waals surface area (Å²) in [6, 6.07) is 11.1. The fourth-order valence-electron chi connectivity index (χ4n) is 4.61. The Bertz CT molecular complexity index is 1080. The number of nitrogens with two attached hydrogens (primary N) is 1. The van der Waals surface area contributed by atoms with Crippen molar-refractivity contribution < 1.29 is 19.1 Å². The van der Waals surface area contributed by atoms with Crippen LogP contribution in [0.25, 0.3) is 0 Å². The van der Waals surface area contributed by atoms with Crippen LogP contribution in [0, 0.1) is 0 Å². The molecule has 1 atom stereocenters. The summed E-state index contributed by atoms with van der Waals surface area (Å²) in [4.78, 5) is 40.7. The lowest BCUT2D eigenvalue weighted by Crippen LogP contribution is -2.52. The van der Waals surface area contributed by atoms with Crippen LogP contribution in [0.4, 0.5) is 5.69 Å². The standard InChI is InChI=1S/C23H24N4O4/c24-11-14-4-6-20-19(10-14)26(8-9-31-20)12-15-2-1-3-16-17(15)13-27(23(16)30)18-5-7-21(28)25-22(18)29/h1-4,6,10,18H,5,7-9,11-13,24H2,(H,25,28,29). The van der Waals surface area contributed by atoms with Crippen molar-refractivity contribution in [2.24, 2.45) is 5.73 Å². The van der Waals surface area contributed by atoms with Gasteiger partial charge in [0.1, 0.15) is 18.4 Å². The van der Waals surface area contributed by atoms with Gasteiger partial charge in [0.15, 0.2) is 0 Å². The van der Waals surface area contributed by atoms with Gasteiger partial charge in [0, 0.05) is 31.6 Å². The van der Waals surface area contributed by atoms with Crippen LogP contribution in [-0.4, -0.2) is 41.8 Å². The maximum atomic E-state index is 13.1. The van der Waals surface area contributed by atoms with E-state index >= 15 is 0 Å². The number of amides is 3. The van der Waals surface area contributed by atoms with E-state index in [1.165, 1.54) is 0 Å². The van der Waals surface area contributed by atoms with Gasteiger partial charge in [0.05, 0.1) is 12.2 Å². The zero-order valence-corrected chi connectivity index (χ0v) is 17.1. The van der Waals surface area contributed by atoms with Crippen molar-refractivity contribution >= 4 is 23.4 Å². The number of carbonyl (C=O) groups is 3. The number of rotatable bonds is 4. The van der Waals surface area contributed by atoms with E-state index < -0.39 is 11.9 Å². The van der Waals surface area contributed by atoms with E-state index in [0.29, 0.717) is 38.2 Å². The highest BCUT2D eigenvalue weighted by molar-refractivity contribution is 6.05. The van der Waals surface area contributed by atoms with Crippen molar-refractivity contribution in [3.63, 3.8) is 0 Å². The van der Waals surface area contributed by atoms with Crippen molar-refractivity contribution in [3.05, 3.63) is 58.7 Å². The largest absolute Gasteiger partial charge is 0.490 e. The molecule has 3 aliphatic rings. The lowest BCUT2D eigenvalue weighted by atomic mass is 10.0. The normalized spacial score (nSPS) is 20.3. The smallest absolute Gasteiger partial charge is 0.255 e.